The molecule has 0 saturated carbocycles. The predicted molar refractivity (Wildman–Crippen MR) is 52.3 cm³/mol. The fourth-order valence-electron chi connectivity index (χ4n) is 1.03. The molecule has 1 aromatic rings. The number of hydrogen-bond donors (Lipinski definition) is 3. The maximum Gasteiger partial charge on any atom is 0.163 e. The lowest BCUT2D eigenvalue weighted by molar-refractivity contribution is 0.577. The van der Waals surface area contributed by atoms with Crippen molar-refractivity contribution >= 4 is 11.9 Å². The minimum atomic E-state index is 0.767. The Morgan fingerprint density at radius 1 is 1.08 bits per heavy atom. The van der Waals surface area contributed by atoms with Gasteiger partial charge in [0.25, 0.3) is 0 Å². The van der Waals surface area contributed by atoms with Crippen LogP contribution in [0.4, 0.5) is 0 Å². The highest BCUT2D eigenvalue weighted by molar-refractivity contribution is 5.96. The van der Waals surface area contributed by atoms with Crippen LogP contribution in [0.2, 0.25) is 0 Å². The van der Waals surface area contributed by atoms with E-state index < -0.39 is 0 Å². The largest absolute Gasteiger partial charge is 0.285 e. The molecule has 0 aromatic heterocycles. The van der Waals surface area contributed by atoms with Crippen molar-refractivity contribution in [3.05, 3.63) is 42.0 Å². The van der Waals surface area contributed by atoms with Crippen molar-refractivity contribution in [3.63, 3.8) is 0 Å². The van der Waals surface area contributed by atoms with Crippen molar-refractivity contribution in [3.8, 4) is 0 Å². The normalized spacial score (nSPS) is 15.2. The van der Waals surface area contributed by atoms with Crippen molar-refractivity contribution in [1.82, 2.24) is 16.5 Å². The summed E-state index contributed by atoms with van der Waals surface area (Å²) >= 11 is 0. The molecule has 0 bridgehead atoms. The summed E-state index contributed by atoms with van der Waals surface area (Å²) in [5, 5.41) is 3.91. The summed E-state index contributed by atoms with van der Waals surface area (Å²) in [6.45, 7) is 0. The van der Waals surface area contributed by atoms with Crippen LogP contribution in [-0.2, 0) is 0 Å². The predicted octanol–water partition coefficient (Wildman–Crippen LogP) is 0.626. The standard InChI is InChI=1S/C9H10N4/c1-2-4-8(5-3-1)6-7-9-10-12-13-11-9/h1-7,12-13H,(H,10,11)/b7-6+. The van der Waals surface area contributed by atoms with E-state index in [9.17, 15) is 0 Å². The zero-order chi connectivity index (χ0) is 8.93. The Labute approximate surface area is 76.3 Å². The Morgan fingerprint density at radius 3 is 2.62 bits per heavy atom. The molecule has 0 amide bonds. The number of benzene rings is 1. The van der Waals surface area contributed by atoms with E-state index in [4.69, 9.17) is 0 Å². The number of rotatable bonds is 2. The summed E-state index contributed by atoms with van der Waals surface area (Å²) in [5.74, 6) is 0.767. The fraction of sp³-hybridized carbons (Fsp3) is 0. The fourth-order valence-corrected chi connectivity index (χ4v) is 1.03. The average Bonchev–Trinajstić information content (AvgIpc) is 2.69. The molecule has 0 aliphatic carbocycles. The summed E-state index contributed by atoms with van der Waals surface area (Å²) in [6.07, 6.45) is 3.88. The molecular weight excluding hydrogens is 164 g/mol. The van der Waals surface area contributed by atoms with E-state index in [2.05, 4.69) is 21.6 Å². The van der Waals surface area contributed by atoms with Crippen molar-refractivity contribution in [2.75, 3.05) is 0 Å². The van der Waals surface area contributed by atoms with E-state index in [0.29, 0.717) is 0 Å². The van der Waals surface area contributed by atoms with Crippen LogP contribution in [0, 0.1) is 0 Å². The van der Waals surface area contributed by atoms with Gasteiger partial charge in [0.15, 0.2) is 5.84 Å². The third kappa shape index (κ3) is 2.07. The van der Waals surface area contributed by atoms with Gasteiger partial charge in [0.05, 0.1) is 0 Å². The molecule has 1 aromatic carbocycles. The third-order valence-corrected chi connectivity index (χ3v) is 1.66. The number of hydrazone groups is 1. The lowest BCUT2D eigenvalue weighted by Gasteiger charge is -1.92. The second kappa shape index (κ2) is 3.73. The summed E-state index contributed by atoms with van der Waals surface area (Å²) in [6, 6.07) is 10.1. The van der Waals surface area contributed by atoms with Gasteiger partial charge in [0.1, 0.15) is 0 Å². The second-order valence-electron chi connectivity index (χ2n) is 2.60. The van der Waals surface area contributed by atoms with Gasteiger partial charge >= 0.3 is 0 Å². The molecule has 2 rings (SSSR count). The highest BCUT2D eigenvalue weighted by Gasteiger charge is 1.97. The Bertz CT molecular complexity index is 329. The van der Waals surface area contributed by atoms with Crippen LogP contribution in [-0.4, -0.2) is 5.84 Å². The smallest absolute Gasteiger partial charge is 0.163 e. The van der Waals surface area contributed by atoms with Crippen LogP contribution < -0.4 is 16.5 Å². The summed E-state index contributed by atoms with van der Waals surface area (Å²) < 4.78 is 0. The quantitative estimate of drug-likeness (QED) is 0.616. The van der Waals surface area contributed by atoms with Crippen molar-refractivity contribution < 1.29 is 0 Å². The molecule has 0 radical (unpaired) electrons. The first-order chi connectivity index (χ1) is 6.45. The monoisotopic (exact) mass is 174 g/mol. The van der Waals surface area contributed by atoms with E-state index in [1.54, 1.807) is 0 Å². The van der Waals surface area contributed by atoms with Gasteiger partial charge in [-0.3, -0.25) is 5.43 Å². The minimum absolute atomic E-state index is 0.767. The van der Waals surface area contributed by atoms with E-state index in [1.165, 1.54) is 0 Å². The molecule has 0 saturated heterocycles. The van der Waals surface area contributed by atoms with Crippen LogP contribution in [0.15, 0.2) is 41.5 Å². The number of hydrogen-bond acceptors (Lipinski definition) is 4. The SMILES string of the molecule is C(=C\c1ccccc1)/C1=NNNN1. The van der Waals surface area contributed by atoms with Crippen LogP contribution in [0.25, 0.3) is 6.08 Å². The van der Waals surface area contributed by atoms with Crippen LogP contribution in [0.3, 0.4) is 0 Å². The zero-order valence-electron chi connectivity index (χ0n) is 6.99. The Hall–Kier alpha value is -1.81. The molecule has 13 heavy (non-hydrogen) atoms. The second-order valence-corrected chi connectivity index (χ2v) is 2.60. The number of hydrazine groups is 2. The molecule has 66 valence electrons. The van der Waals surface area contributed by atoms with Crippen LogP contribution >= 0.6 is 0 Å². The van der Waals surface area contributed by atoms with Crippen molar-refractivity contribution in [2.45, 2.75) is 0 Å². The molecule has 1 aliphatic rings. The summed E-state index contributed by atoms with van der Waals surface area (Å²) in [5.41, 5.74) is 9.22. The maximum absolute atomic E-state index is 3.91. The Balaban J connectivity index is 2.05. The minimum Gasteiger partial charge on any atom is -0.285 e. The Kier molecular flexibility index (Phi) is 2.24. The maximum atomic E-state index is 3.91. The first-order valence-electron chi connectivity index (χ1n) is 4.02. The van der Waals surface area contributed by atoms with Gasteiger partial charge in [0.2, 0.25) is 0 Å². The van der Waals surface area contributed by atoms with E-state index in [0.717, 1.165) is 11.4 Å². The summed E-state index contributed by atoms with van der Waals surface area (Å²) in [7, 11) is 0. The molecule has 3 N–H and O–H groups in total. The van der Waals surface area contributed by atoms with Gasteiger partial charge in [-0.15, -0.1) is 10.6 Å². The summed E-state index contributed by atoms with van der Waals surface area (Å²) in [4.78, 5) is 0. The van der Waals surface area contributed by atoms with Gasteiger partial charge in [-0.2, -0.15) is 0 Å². The molecule has 1 aliphatic heterocycles. The highest BCUT2D eigenvalue weighted by atomic mass is 15.8. The lowest BCUT2D eigenvalue weighted by atomic mass is 10.2. The average molecular weight is 174 g/mol. The molecule has 0 unspecified atom stereocenters. The molecule has 1 heterocycles. The number of nitrogens with one attached hydrogen (secondary N) is 3. The topological polar surface area (TPSA) is 48.5 Å². The third-order valence-electron chi connectivity index (χ3n) is 1.66. The van der Waals surface area contributed by atoms with Gasteiger partial charge in [0, 0.05) is 0 Å². The van der Waals surface area contributed by atoms with E-state index >= 15 is 0 Å². The Morgan fingerprint density at radius 2 is 1.92 bits per heavy atom. The molecule has 0 atom stereocenters. The zero-order valence-corrected chi connectivity index (χ0v) is 6.99. The first-order valence-corrected chi connectivity index (χ1v) is 4.02. The number of amidine groups is 1. The first kappa shape index (κ1) is 7.82. The van der Waals surface area contributed by atoms with Gasteiger partial charge in [-0.05, 0) is 11.6 Å². The molecular formula is C9H10N4. The van der Waals surface area contributed by atoms with Crippen molar-refractivity contribution in [1.29, 1.82) is 0 Å². The lowest BCUT2D eigenvalue weighted by Crippen LogP contribution is -2.34. The van der Waals surface area contributed by atoms with E-state index in [-0.39, 0.29) is 0 Å². The van der Waals surface area contributed by atoms with E-state index in [1.807, 2.05) is 42.5 Å². The van der Waals surface area contributed by atoms with Gasteiger partial charge in [-0.1, -0.05) is 36.4 Å². The van der Waals surface area contributed by atoms with Crippen LogP contribution in [0.1, 0.15) is 5.56 Å². The molecule has 0 fully saturated rings. The number of nitrogens with zero attached hydrogens (tertiary/aromatic N) is 1. The van der Waals surface area contributed by atoms with Crippen LogP contribution in [0.5, 0.6) is 0 Å². The van der Waals surface area contributed by atoms with Gasteiger partial charge < -0.3 is 0 Å². The highest BCUT2D eigenvalue weighted by Crippen LogP contribution is 2.00. The molecule has 4 heteroatoms. The molecule has 0 spiro atoms. The van der Waals surface area contributed by atoms with Gasteiger partial charge in [-0.25, -0.2) is 5.53 Å². The molecule has 4 nitrogen and oxygen atoms in total. The van der Waals surface area contributed by atoms with Crippen molar-refractivity contribution in [2.24, 2.45) is 5.10 Å².